The van der Waals surface area contributed by atoms with Crippen LogP contribution in [0.5, 0.6) is 0 Å². The highest BCUT2D eigenvalue weighted by atomic mass is 16.5. The summed E-state index contributed by atoms with van der Waals surface area (Å²) in [5.74, 6) is -0.607. The van der Waals surface area contributed by atoms with Crippen LogP contribution in [0.2, 0.25) is 0 Å². The fourth-order valence-corrected chi connectivity index (χ4v) is 2.08. The summed E-state index contributed by atoms with van der Waals surface area (Å²) in [6.45, 7) is 0.299. The van der Waals surface area contributed by atoms with Crippen LogP contribution in [0.4, 0.5) is 0 Å². The summed E-state index contributed by atoms with van der Waals surface area (Å²) in [6, 6.07) is 12.9. The fraction of sp³-hybridized carbons (Fsp3) is 0.278. The molecule has 0 spiro atoms. The quantitative estimate of drug-likeness (QED) is 0.616. The van der Waals surface area contributed by atoms with Crippen LogP contribution >= 0.6 is 0 Å². The number of nitrogens with two attached hydrogens (primary N) is 1. The number of aromatic nitrogens is 1. The van der Waals surface area contributed by atoms with E-state index in [2.05, 4.69) is 15.6 Å². The number of pyridine rings is 1. The number of benzene rings is 1. The molecule has 1 heterocycles. The molecule has 1 aromatic heterocycles. The standard InChI is InChI=1S/C18H22N4O3/c19-16(15-6-2-1-3-7-15)11-22-18(24)13-25-12-17(23)21-10-14-5-4-8-20-9-14/h1-9,16H,10-13,19H2,(H,21,23)(H,22,24). The highest BCUT2D eigenvalue weighted by molar-refractivity contribution is 5.79. The second kappa shape index (κ2) is 10.2. The van der Waals surface area contributed by atoms with Gasteiger partial charge in [-0.05, 0) is 17.2 Å². The summed E-state index contributed by atoms with van der Waals surface area (Å²) in [6.07, 6.45) is 3.33. The van der Waals surface area contributed by atoms with E-state index in [4.69, 9.17) is 10.5 Å². The number of ether oxygens (including phenoxy) is 1. The van der Waals surface area contributed by atoms with Gasteiger partial charge in [0.1, 0.15) is 13.2 Å². The van der Waals surface area contributed by atoms with Gasteiger partial charge < -0.3 is 21.1 Å². The molecule has 1 atom stereocenters. The van der Waals surface area contributed by atoms with Gasteiger partial charge in [0.25, 0.3) is 0 Å². The molecule has 0 aliphatic rings. The molecule has 0 saturated heterocycles. The Labute approximate surface area is 146 Å². The van der Waals surface area contributed by atoms with Crippen molar-refractivity contribution in [3.63, 3.8) is 0 Å². The molecule has 2 aromatic rings. The average molecular weight is 342 g/mol. The van der Waals surface area contributed by atoms with Crippen LogP contribution in [0.25, 0.3) is 0 Å². The molecule has 4 N–H and O–H groups in total. The number of hydrogen-bond acceptors (Lipinski definition) is 5. The second-order valence-electron chi connectivity index (χ2n) is 5.45. The first-order chi connectivity index (χ1) is 12.1. The molecule has 0 aliphatic heterocycles. The van der Waals surface area contributed by atoms with E-state index < -0.39 is 0 Å². The van der Waals surface area contributed by atoms with Gasteiger partial charge in [-0.3, -0.25) is 14.6 Å². The lowest BCUT2D eigenvalue weighted by molar-refractivity contribution is -0.131. The molecule has 1 aromatic carbocycles. The highest BCUT2D eigenvalue weighted by Gasteiger charge is 2.09. The minimum Gasteiger partial charge on any atom is -0.362 e. The minimum atomic E-state index is -0.313. The van der Waals surface area contributed by atoms with Gasteiger partial charge in [-0.1, -0.05) is 36.4 Å². The summed E-state index contributed by atoms with van der Waals surface area (Å²) >= 11 is 0. The Hall–Kier alpha value is -2.77. The van der Waals surface area contributed by atoms with E-state index in [1.165, 1.54) is 0 Å². The Bertz CT molecular complexity index is 665. The monoisotopic (exact) mass is 342 g/mol. The zero-order valence-electron chi connectivity index (χ0n) is 13.9. The Kier molecular flexibility index (Phi) is 7.55. The zero-order valence-corrected chi connectivity index (χ0v) is 13.9. The first-order valence-corrected chi connectivity index (χ1v) is 7.95. The van der Waals surface area contributed by atoms with Crippen molar-refractivity contribution in [2.24, 2.45) is 5.73 Å². The number of carbonyl (C=O) groups is 2. The maximum atomic E-state index is 11.7. The van der Waals surface area contributed by atoms with E-state index in [-0.39, 0.29) is 31.1 Å². The van der Waals surface area contributed by atoms with Crippen LogP contribution in [0, 0.1) is 0 Å². The van der Waals surface area contributed by atoms with Gasteiger partial charge in [0, 0.05) is 31.5 Å². The number of nitrogens with zero attached hydrogens (tertiary/aromatic N) is 1. The molecule has 0 radical (unpaired) electrons. The number of rotatable bonds is 9. The third kappa shape index (κ3) is 7.11. The van der Waals surface area contributed by atoms with Gasteiger partial charge in [0.15, 0.2) is 0 Å². The molecule has 2 amide bonds. The van der Waals surface area contributed by atoms with Crippen LogP contribution in [-0.4, -0.2) is 36.6 Å². The van der Waals surface area contributed by atoms with Gasteiger partial charge >= 0.3 is 0 Å². The van der Waals surface area contributed by atoms with Gasteiger partial charge in [-0.2, -0.15) is 0 Å². The lowest BCUT2D eigenvalue weighted by atomic mass is 10.1. The van der Waals surface area contributed by atoms with Crippen LogP contribution in [0.3, 0.4) is 0 Å². The van der Waals surface area contributed by atoms with Crippen molar-refractivity contribution in [3.8, 4) is 0 Å². The highest BCUT2D eigenvalue weighted by Crippen LogP contribution is 2.07. The molecule has 0 aliphatic carbocycles. The van der Waals surface area contributed by atoms with Crippen molar-refractivity contribution in [3.05, 3.63) is 66.0 Å². The maximum absolute atomic E-state index is 11.7. The van der Waals surface area contributed by atoms with Crippen molar-refractivity contribution < 1.29 is 14.3 Å². The van der Waals surface area contributed by atoms with Crippen molar-refractivity contribution >= 4 is 11.8 Å². The molecule has 132 valence electrons. The van der Waals surface area contributed by atoms with Gasteiger partial charge in [-0.25, -0.2) is 0 Å². The second-order valence-corrected chi connectivity index (χ2v) is 5.45. The number of amides is 2. The Morgan fingerprint density at radius 2 is 1.76 bits per heavy atom. The minimum absolute atomic E-state index is 0.182. The zero-order chi connectivity index (χ0) is 17.9. The molecule has 0 fully saturated rings. The number of nitrogens with one attached hydrogen (secondary N) is 2. The van der Waals surface area contributed by atoms with E-state index >= 15 is 0 Å². The summed E-state index contributed by atoms with van der Waals surface area (Å²) < 4.78 is 5.10. The summed E-state index contributed by atoms with van der Waals surface area (Å²) in [5, 5.41) is 5.37. The fourth-order valence-electron chi connectivity index (χ4n) is 2.08. The van der Waals surface area contributed by atoms with Gasteiger partial charge in [0.05, 0.1) is 0 Å². The van der Waals surface area contributed by atoms with Crippen molar-refractivity contribution in [1.29, 1.82) is 0 Å². The van der Waals surface area contributed by atoms with E-state index in [1.54, 1.807) is 18.5 Å². The summed E-state index contributed by atoms with van der Waals surface area (Å²) in [7, 11) is 0. The first-order valence-electron chi connectivity index (χ1n) is 7.95. The van der Waals surface area contributed by atoms with E-state index in [0.717, 1.165) is 11.1 Å². The van der Waals surface area contributed by atoms with Gasteiger partial charge in [0.2, 0.25) is 11.8 Å². The van der Waals surface area contributed by atoms with Crippen LogP contribution in [0.1, 0.15) is 17.2 Å². The third-order valence-electron chi connectivity index (χ3n) is 3.43. The first kappa shape index (κ1) is 18.6. The largest absolute Gasteiger partial charge is 0.362 e. The summed E-state index contributed by atoms with van der Waals surface area (Å²) in [4.78, 5) is 27.3. The normalized spacial score (nSPS) is 11.6. The van der Waals surface area contributed by atoms with Crippen LogP contribution in [0.15, 0.2) is 54.9 Å². The average Bonchev–Trinajstić information content (AvgIpc) is 2.66. The van der Waals surface area contributed by atoms with Crippen LogP contribution < -0.4 is 16.4 Å². The van der Waals surface area contributed by atoms with Gasteiger partial charge in [-0.15, -0.1) is 0 Å². The lowest BCUT2D eigenvalue weighted by Gasteiger charge is -2.13. The smallest absolute Gasteiger partial charge is 0.246 e. The molecule has 2 rings (SSSR count). The Balaban J connectivity index is 1.58. The third-order valence-corrected chi connectivity index (χ3v) is 3.43. The SMILES string of the molecule is NC(CNC(=O)COCC(=O)NCc1cccnc1)c1ccccc1. The van der Waals surface area contributed by atoms with E-state index in [9.17, 15) is 9.59 Å². The van der Waals surface area contributed by atoms with Crippen molar-refractivity contribution in [2.45, 2.75) is 12.6 Å². The predicted octanol–water partition coefficient (Wildman–Crippen LogP) is 0.531. The van der Waals surface area contributed by atoms with Crippen molar-refractivity contribution in [2.75, 3.05) is 19.8 Å². The van der Waals surface area contributed by atoms with E-state index in [1.807, 2.05) is 36.4 Å². The topological polar surface area (TPSA) is 106 Å². The molecule has 0 bridgehead atoms. The predicted molar refractivity (Wildman–Crippen MR) is 93.3 cm³/mol. The van der Waals surface area contributed by atoms with Crippen LogP contribution in [-0.2, 0) is 20.9 Å². The Morgan fingerprint density at radius 1 is 1.04 bits per heavy atom. The molecular formula is C18H22N4O3. The summed E-state index contributed by atoms with van der Waals surface area (Å²) in [5.41, 5.74) is 7.83. The lowest BCUT2D eigenvalue weighted by Crippen LogP contribution is -2.35. The number of carbonyl (C=O) groups excluding carboxylic acids is 2. The Morgan fingerprint density at radius 3 is 2.44 bits per heavy atom. The molecule has 7 heteroatoms. The molecule has 0 saturated carbocycles. The molecule has 25 heavy (non-hydrogen) atoms. The number of hydrogen-bond donors (Lipinski definition) is 3. The maximum Gasteiger partial charge on any atom is 0.246 e. The van der Waals surface area contributed by atoms with E-state index in [0.29, 0.717) is 13.1 Å². The van der Waals surface area contributed by atoms with Crippen molar-refractivity contribution in [1.82, 2.24) is 15.6 Å². The molecular weight excluding hydrogens is 320 g/mol. The molecule has 1 unspecified atom stereocenters. The molecule has 7 nitrogen and oxygen atoms in total.